The van der Waals surface area contributed by atoms with Crippen LogP contribution in [0, 0.1) is 0 Å². The Labute approximate surface area is 131 Å². The summed E-state index contributed by atoms with van der Waals surface area (Å²) in [6.07, 6.45) is 0.850. The molecule has 1 N–H and O–H groups in total. The summed E-state index contributed by atoms with van der Waals surface area (Å²) in [7, 11) is 1.88. The summed E-state index contributed by atoms with van der Waals surface area (Å²) < 4.78 is 8.53. The third-order valence-corrected chi connectivity index (χ3v) is 4.29. The van der Waals surface area contributed by atoms with Crippen molar-refractivity contribution in [3.8, 4) is 5.75 Å². The number of ether oxygens (including phenoxy) is 1. The summed E-state index contributed by atoms with van der Waals surface area (Å²) in [5, 5.41) is 14.2. The van der Waals surface area contributed by atoms with Gasteiger partial charge in [0.1, 0.15) is 12.4 Å². The first-order valence-electron chi connectivity index (χ1n) is 6.29. The number of nitrogens with zero attached hydrogens (tertiary/aromatic N) is 2. The van der Waals surface area contributed by atoms with Gasteiger partial charge < -0.3 is 9.84 Å². The first kappa shape index (κ1) is 15.4. The molecule has 0 aliphatic heterocycles. The fraction of sp³-hybridized carbons (Fsp3) is 0.357. The van der Waals surface area contributed by atoms with Gasteiger partial charge >= 0.3 is 0 Å². The van der Waals surface area contributed by atoms with Gasteiger partial charge in [0, 0.05) is 12.6 Å². The highest BCUT2D eigenvalue weighted by atomic mass is 79.9. The van der Waals surface area contributed by atoms with Crippen molar-refractivity contribution in [1.29, 1.82) is 0 Å². The van der Waals surface area contributed by atoms with E-state index in [1.807, 2.05) is 7.05 Å². The molecule has 0 fully saturated rings. The van der Waals surface area contributed by atoms with Gasteiger partial charge in [0.05, 0.1) is 27.5 Å². The van der Waals surface area contributed by atoms with Crippen molar-refractivity contribution in [2.24, 2.45) is 7.05 Å². The molecule has 2 aromatic rings. The number of aryl methyl sites for hydroxylation is 2. The summed E-state index contributed by atoms with van der Waals surface area (Å²) in [6.45, 7) is 2.28. The molecule has 0 aliphatic carbocycles. The van der Waals surface area contributed by atoms with E-state index >= 15 is 0 Å². The molecule has 0 aliphatic rings. The SMILES string of the molecule is CCc1nn(C)c(COc2c(Cl)cccc2CO)c1Br. The van der Waals surface area contributed by atoms with Crippen molar-refractivity contribution >= 4 is 27.5 Å². The number of hydrogen-bond acceptors (Lipinski definition) is 3. The maximum Gasteiger partial charge on any atom is 0.143 e. The summed E-state index contributed by atoms with van der Waals surface area (Å²) in [5.41, 5.74) is 2.60. The molecule has 0 atom stereocenters. The molecule has 0 saturated carbocycles. The zero-order valence-electron chi connectivity index (χ0n) is 11.4. The van der Waals surface area contributed by atoms with Crippen molar-refractivity contribution in [3.63, 3.8) is 0 Å². The fourth-order valence-corrected chi connectivity index (χ4v) is 2.94. The minimum absolute atomic E-state index is 0.108. The first-order valence-corrected chi connectivity index (χ1v) is 7.46. The zero-order chi connectivity index (χ0) is 14.7. The van der Waals surface area contributed by atoms with Crippen LogP contribution in [0.3, 0.4) is 0 Å². The Kier molecular flexibility index (Phi) is 5.07. The monoisotopic (exact) mass is 358 g/mol. The Bertz CT molecular complexity index is 613. The zero-order valence-corrected chi connectivity index (χ0v) is 13.7. The molecule has 0 amide bonds. The molecule has 0 spiro atoms. The van der Waals surface area contributed by atoms with E-state index in [0.29, 0.717) is 22.9 Å². The van der Waals surface area contributed by atoms with Crippen LogP contribution < -0.4 is 4.74 Å². The predicted octanol–water partition coefficient (Wildman–Crippen LogP) is 3.47. The quantitative estimate of drug-likeness (QED) is 0.889. The Morgan fingerprint density at radius 2 is 2.20 bits per heavy atom. The van der Waals surface area contributed by atoms with E-state index in [-0.39, 0.29) is 6.61 Å². The number of para-hydroxylation sites is 1. The summed E-state index contributed by atoms with van der Waals surface area (Å²) >= 11 is 9.66. The molecule has 0 saturated heterocycles. The minimum Gasteiger partial charge on any atom is -0.485 e. The van der Waals surface area contributed by atoms with Gasteiger partial charge in [-0.15, -0.1) is 0 Å². The molecule has 108 valence electrons. The Morgan fingerprint density at radius 1 is 1.45 bits per heavy atom. The normalized spacial score (nSPS) is 10.8. The molecule has 2 rings (SSSR count). The standard InChI is InChI=1S/C14H16BrClN2O2/c1-3-11-13(15)12(18(2)17-11)8-20-14-9(7-19)5-4-6-10(14)16/h4-6,19H,3,7-8H2,1-2H3. The summed E-state index contributed by atoms with van der Waals surface area (Å²) in [5.74, 6) is 0.516. The Hall–Kier alpha value is -1.04. The molecule has 6 heteroatoms. The third kappa shape index (κ3) is 3.00. The lowest BCUT2D eigenvalue weighted by Crippen LogP contribution is -2.05. The van der Waals surface area contributed by atoms with Crippen LogP contribution in [0.4, 0.5) is 0 Å². The highest BCUT2D eigenvalue weighted by Gasteiger charge is 2.15. The van der Waals surface area contributed by atoms with Crippen LogP contribution in [0.5, 0.6) is 5.75 Å². The second-order valence-corrected chi connectivity index (χ2v) is 5.56. The van der Waals surface area contributed by atoms with Gasteiger partial charge in [0.2, 0.25) is 0 Å². The second-order valence-electron chi connectivity index (χ2n) is 4.36. The molecular formula is C14H16BrClN2O2. The molecule has 1 aromatic carbocycles. The number of aromatic nitrogens is 2. The van der Waals surface area contributed by atoms with Crippen LogP contribution in [0.25, 0.3) is 0 Å². The number of aliphatic hydroxyl groups excluding tert-OH is 1. The molecule has 1 heterocycles. The second kappa shape index (κ2) is 6.61. The highest BCUT2D eigenvalue weighted by Crippen LogP contribution is 2.30. The van der Waals surface area contributed by atoms with Crippen LogP contribution in [-0.4, -0.2) is 14.9 Å². The fourth-order valence-electron chi connectivity index (χ4n) is 1.96. The molecule has 0 unspecified atom stereocenters. The van der Waals surface area contributed by atoms with Gasteiger partial charge in [0.25, 0.3) is 0 Å². The predicted molar refractivity (Wildman–Crippen MR) is 82.0 cm³/mol. The van der Waals surface area contributed by atoms with Crippen LogP contribution in [0.1, 0.15) is 23.9 Å². The molecule has 1 aromatic heterocycles. The molecule has 4 nitrogen and oxygen atoms in total. The van der Waals surface area contributed by atoms with Crippen molar-refractivity contribution in [3.05, 3.63) is 44.6 Å². The third-order valence-electron chi connectivity index (χ3n) is 3.08. The van der Waals surface area contributed by atoms with Gasteiger partial charge in [-0.25, -0.2) is 0 Å². The summed E-state index contributed by atoms with van der Waals surface area (Å²) in [4.78, 5) is 0. The van der Waals surface area contributed by atoms with Gasteiger partial charge in [0.15, 0.2) is 0 Å². The number of rotatable bonds is 5. The van der Waals surface area contributed by atoms with Crippen molar-refractivity contribution in [2.45, 2.75) is 26.6 Å². The van der Waals surface area contributed by atoms with E-state index in [2.05, 4.69) is 28.0 Å². The number of hydrogen-bond donors (Lipinski definition) is 1. The topological polar surface area (TPSA) is 47.3 Å². The Morgan fingerprint density at radius 3 is 2.80 bits per heavy atom. The number of halogens is 2. The lowest BCUT2D eigenvalue weighted by Gasteiger charge is -2.12. The molecule has 0 radical (unpaired) electrons. The largest absolute Gasteiger partial charge is 0.485 e. The molecule has 20 heavy (non-hydrogen) atoms. The van der Waals surface area contributed by atoms with Crippen LogP contribution in [0.15, 0.2) is 22.7 Å². The average molecular weight is 360 g/mol. The number of benzene rings is 1. The number of aliphatic hydroxyl groups is 1. The van der Waals surface area contributed by atoms with Gasteiger partial charge in [-0.05, 0) is 28.4 Å². The van der Waals surface area contributed by atoms with Crippen LogP contribution in [0.2, 0.25) is 5.02 Å². The maximum atomic E-state index is 9.33. The van der Waals surface area contributed by atoms with E-state index in [1.54, 1.807) is 22.9 Å². The minimum atomic E-state index is -0.108. The van der Waals surface area contributed by atoms with Crippen molar-refractivity contribution in [1.82, 2.24) is 9.78 Å². The smallest absolute Gasteiger partial charge is 0.143 e. The van der Waals surface area contributed by atoms with E-state index in [1.165, 1.54) is 0 Å². The van der Waals surface area contributed by atoms with Crippen LogP contribution >= 0.6 is 27.5 Å². The van der Waals surface area contributed by atoms with Crippen LogP contribution in [-0.2, 0) is 26.7 Å². The van der Waals surface area contributed by atoms with E-state index < -0.39 is 0 Å². The van der Waals surface area contributed by atoms with Crippen molar-refractivity contribution in [2.75, 3.05) is 0 Å². The molecule has 0 bridgehead atoms. The van der Waals surface area contributed by atoms with Gasteiger partial charge in [-0.2, -0.15) is 5.10 Å². The van der Waals surface area contributed by atoms with E-state index in [9.17, 15) is 5.11 Å². The average Bonchev–Trinajstić information content (AvgIpc) is 2.72. The lowest BCUT2D eigenvalue weighted by molar-refractivity contribution is 0.255. The lowest BCUT2D eigenvalue weighted by atomic mass is 10.2. The Balaban J connectivity index is 2.23. The van der Waals surface area contributed by atoms with Gasteiger partial charge in [-0.1, -0.05) is 30.7 Å². The summed E-state index contributed by atoms with van der Waals surface area (Å²) in [6, 6.07) is 5.32. The highest BCUT2D eigenvalue weighted by molar-refractivity contribution is 9.10. The van der Waals surface area contributed by atoms with Crippen molar-refractivity contribution < 1.29 is 9.84 Å². The van der Waals surface area contributed by atoms with Gasteiger partial charge in [-0.3, -0.25) is 4.68 Å². The van der Waals surface area contributed by atoms with E-state index in [4.69, 9.17) is 16.3 Å². The van der Waals surface area contributed by atoms with E-state index in [0.717, 1.165) is 22.3 Å². The first-order chi connectivity index (χ1) is 9.58. The molecular weight excluding hydrogens is 344 g/mol. The maximum absolute atomic E-state index is 9.33.